The molecule has 5 rings (SSSR count). The number of rotatable bonds is 7. The molecule has 0 saturated heterocycles. The number of carbonyl (C=O) groups is 4. The molecule has 0 fully saturated rings. The van der Waals surface area contributed by atoms with Crippen molar-refractivity contribution in [1.29, 1.82) is 0 Å². The van der Waals surface area contributed by atoms with Crippen LogP contribution in [0.3, 0.4) is 0 Å². The lowest BCUT2D eigenvalue weighted by molar-refractivity contribution is -0.114. The Morgan fingerprint density at radius 1 is 0.974 bits per heavy atom. The molecule has 0 radical (unpaired) electrons. The predicted octanol–water partition coefficient (Wildman–Crippen LogP) is 3.64. The number of ether oxygens (including phenoxy) is 1. The molecule has 2 aromatic heterocycles. The summed E-state index contributed by atoms with van der Waals surface area (Å²) in [5.74, 6) is -2.24. The van der Waals surface area contributed by atoms with E-state index in [0.717, 1.165) is 15.1 Å². The molecule has 3 heterocycles. The van der Waals surface area contributed by atoms with Crippen molar-refractivity contribution in [2.75, 3.05) is 19.0 Å². The summed E-state index contributed by atoms with van der Waals surface area (Å²) < 4.78 is 6.07. The number of aryl methyl sites for hydroxylation is 2. The quantitative estimate of drug-likeness (QED) is 0.213. The number of thiophene rings is 1. The number of anilines is 1. The topological polar surface area (TPSA) is 128 Å². The molecule has 10 nitrogen and oxygen atoms in total. The zero-order valence-electron chi connectivity index (χ0n) is 21.2. The van der Waals surface area contributed by atoms with Gasteiger partial charge in [-0.2, -0.15) is 9.78 Å². The molecule has 2 amide bonds. The molecule has 2 aromatic carbocycles. The Hall–Kier alpha value is -4.90. The van der Waals surface area contributed by atoms with E-state index in [-0.39, 0.29) is 22.2 Å². The highest BCUT2D eigenvalue weighted by molar-refractivity contribution is 7.18. The van der Waals surface area contributed by atoms with Gasteiger partial charge >= 0.3 is 5.97 Å². The van der Waals surface area contributed by atoms with Crippen LogP contribution in [0.2, 0.25) is 0 Å². The Bertz CT molecular complexity index is 1730. The van der Waals surface area contributed by atoms with Gasteiger partial charge in [0, 0.05) is 16.5 Å². The normalized spacial score (nSPS) is 12.8. The fraction of sp³-hybridized carbons (Fsp3) is 0.143. The van der Waals surface area contributed by atoms with Crippen LogP contribution in [0.25, 0.3) is 16.5 Å². The van der Waals surface area contributed by atoms with E-state index in [4.69, 9.17) is 4.74 Å². The summed E-state index contributed by atoms with van der Waals surface area (Å²) in [7, 11) is 1.24. The summed E-state index contributed by atoms with van der Waals surface area (Å²) >= 11 is 1.21. The second-order valence-corrected chi connectivity index (χ2v) is 10.0. The molecule has 39 heavy (non-hydrogen) atoms. The van der Waals surface area contributed by atoms with Gasteiger partial charge in [0.05, 0.1) is 35.9 Å². The smallest absolute Gasteiger partial charge is 0.359 e. The molecule has 196 valence electrons. The van der Waals surface area contributed by atoms with Crippen LogP contribution in [0.15, 0.2) is 65.6 Å². The van der Waals surface area contributed by atoms with Gasteiger partial charge in [0.25, 0.3) is 17.4 Å². The van der Waals surface area contributed by atoms with Crippen LogP contribution in [0, 0.1) is 13.8 Å². The summed E-state index contributed by atoms with van der Waals surface area (Å²) in [6.45, 7) is 3.24. The van der Waals surface area contributed by atoms with Crippen molar-refractivity contribution in [2.45, 2.75) is 13.8 Å². The van der Waals surface area contributed by atoms with Gasteiger partial charge in [-0.25, -0.2) is 4.79 Å². The van der Waals surface area contributed by atoms with Gasteiger partial charge < -0.3 is 10.1 Å². The van der Waals surface area contributed by atoms with E-state index in [1.165, 1.54) is 30.7 Å². The van der Waals surface area contributed by atoms with Crippen LogP contribution in [0.4, 0.5) is 5.00 Å². The number of methoxy groups -OCH3 is 1. The van der Waals surface area contributed by atoms with E-state index in [2.05, 4.69) is 10.4 Å². The van der Waals surface area contributed by atoms with Crippen molar-refractivity contribution in [3.63, 3.8) is 0 Å². The number of amides is 2. The second-order valence-electron chi connectivity index (χ2n) is 8.82. The van der Waals surface area contributed by atoms with Crippen LogP contribution >= 0.6 is 11.3 Å². The van der Waals surface area contributed by atoms with Crippen LogP contribution in [-0.4, -0.2) is 51.9 Å². The largest absolute Gasteiger partial charge is 0.464 e. The monoisotopic (exact) mass is 542 g/mol. The van der Waals surface area contributed by atoms with Gasteiger partial charge in [0.15, 0.2) is 11.5 Å². The number of esters is 1. The van der Waals surface area contributed by atoms with E-state index in [9.17, 15) is 24.0 Å². The summed E-state index contributed by atoms with van der Waals surface area (Å²) in [5.41, 5.74) is 1.51. The number of carbonyl (C=O) groups excluding carboxylic acids is 4. The highest BCUT2D eigenvalue weighted by Gasteiger charge is 2.35. The lowest BCUT2D eigenvalue weighted by Crippen LogP contribution is -2.34. The van der Waals surface area contributed by atoms with Gasteiger partial charge in [-0.1, -0.05) is 29.8 Å². The van der Waals surface area contributed by atoms with E-state index in [0.29, 0.717) is 21.0 Å². The maximum Gasteiger partial charge on any atom is 0.359 e. The Morgan fingerprint density at radius 3 is 2.23 bits per heavy atom. The number of ketones is 1. The highest BCUT2D eigenvalue weighted by atomic mass is 32.1. The fourth-order valence-electron chi connectivity index (χ4n) is 4.34. The summed E-state index contributed by atoms with van der Waals surface area (Å²) in [6, 6.07) is 13.5. The van der Waals surface area contributed by atoms with Gasteiger partial charge in [-0.15, -0.1) is 11.3 Å². The van der Waals surface area contributed by atoms with Crippen molar-refractivity contribution in [1.82, 2.24) is 14.7 Å². The summed E-state index contributed by atoms with van der Waals surface area (Å²) in [5, 5.41) is 8.22. The first-order valence-corrected chi connectivity index (χ1v) is 12.7. The molecular weight excluding hydrogens is 520 g/mol. The number of hydrogen-bond donors (Lipinski definition) is 1. The number of aromatic nitrogens is 2. The highest BCUT2D eigenvalue weighted by Crippen LogP contribution is 2.35. The minimum absolute atomic E-state index is 0.0137. The molecule has 0 spiro atoms. The number of nitrogens with zero attached hydrogens (tertiary/aromatic N) is 3. The van der Waals surface area contributed by atoms with Gasteiger partial charge in [-0.3, -0.25) is 24.1 Å². The zero-order chi connectivity index (χ0) is 27.8. The Balaban J connectivity index is 1.45. The molecule has 0 saturated carbocycles. The Morgan fingerprint density at radius 2 is 1.62 bits per heavy atom. The first-order valence-electron chi connectivity index (χ1n) is 11.8. The third-order valence-corrected chi connectivity index (χ3v) is 7.30. The standard InChI is InChI=1S/C28H22N4O6S/c1-15-8-10-17(11-9-15)32-27(36)22-21(23(30-32)28(37)38-3)16(2)39-24(22)29-13-12-18(33)14-31-25(34)19-6-4-5-7-20(19)26(31)35/h4-13,29H,14H2,1-3H3/b13-12-. The van der Waals surface area contributed by atoms with Crippen molar-refractivity contribution in [3.05, 3.63) is 98.4 Å². The fourth-order valence-corrected chi connectivity index (χ4v) is 5.36. The van der Waals surface area contributed by atoms with Crippen molar-refractivity contribution < 1.29 is 23.9 Å². The van der Waals surface area contributed by atoms with Gasteiger partial charge in [0.2, 0.25) is 0 Å². The molecule has 1 N–H and O–H groups in total. The van der Waals surface area contributed by atoms with E-state index in [1.54, 1.807) is 43.3 Å². The molecule has 11 heteroatoms. The summed E-state index contributed by atoms with van der Waals surface area (Å²) in [6.07, 6.45) is 2.52. The molecule has 1 aliphatic heterocycles. The number of hydrogen-bond acceptors (Lipinski definition) is 9. The Labute approximate surface area is 226 Å². The predicted molar refractivity (Wildman–Crippen MR) is 146 cm³/mol. The lowest BCUT2D eigenvalue weighted by Gasteiger charge is -2.11. The third-order valence-electron chi connectivity index (χ3n) is 6.26. The number of nitrogens with one attached hydrogen (secondary N) is 1. The molecular formula is C28H22N4O6S. The van der Waals surface area contributed by atoms with Crippen molar-refractivity contribution in [3.8, 4) is 5.69 Å². The van der Waals surface area contributed by atoms with Gasteiger partial charge in [0.1, 0.15) is 5.00 Å². The average Bonchev–Trinajstić information content (AvgIpc) is 3.38. The average molecular weight is 543 g/mol. The molecule has 4 aromatic rings. The van der Waals surface area contributed by atoms with Crippen LogP contribution in [0.1, 0.15) is 41.6 Å². The van der Waals surface area contributed by atoms with Crippen LogP contribution < -0.4 is 10.9 Å². The van der Waals surface area contributed by atoms with E-state index in [1.807, 2.05) is 19.1 Å². The molecule has 0 aliphatic carbocycles. The number of benzene rings is 2. The van der Waals surface area contributed by atoms with Crippen molar-refractivity contribution in [2.24, 2.45) is 0 Å². The first-order chi connectivity index (χ1) is 18.7. The minimum atomic E-state index is -0.694. The number of imide groups is 1. The van der Waals surface area contributed by atoms with E-state index < -0.39 is 35.7 Å². The summed E-state index contributed by atoms with van der Waals surface area (Å²) in [4.78, 5) is 65.4. The molecule has 0 unspecified atom stereocenters. The molecule has 0 bridgehead atoms. The first kappa shape index (κ1) is 25.7. The molecule has 0 atom stereocenters. The van der Waals surface area contributed by atoms with Crippen LogP contribution in [-0.2, 0) is 9.53 Å². The molecule has 1 aliphatic rings. The van der Waals surface area contributed by atoms with E-state index >= 15 is 0 Å². The van der Waals surface area contributed by atoms with Gasteiger partial charge in [-0.05, 0) is 44.2 Å². The maximum absolute atomic E-state index is 13.6. The SMILES string of the molecule is COC(=O)c1nn(-c2ccc(C)cc2)c(=O)c2c(N/C=C\C(=O)CN3C(=O)c4ccccc4C3=O)sc(C)c12. The second kappa shape index (κ2) is 10.1. The zero-order valence-corrected chi connectivity index (χ0v) is 22.0. The van der Waals surface area contributed by atoms with Crippen LogP contribution in [0.5, 0.6) is 0 Å². The van der Waals surface area contributed by atoms with Crippen molar-refractivity contribution >= 4 is 50.7 Å². The third kappa shape index (κ3) is 4.53. The Kier molecular flexibility index (Phi) is 6.67. The lowest BCUT2D eigenvalue weighted by atomic mass is 10.1. The number of fused-ring (bicyclic) bond motifs is 2. The maximum atomic E-state index is 13.6. The minimum Gasteiger partial charge on any atom is -0.464 e.